The molecule has 2 aromatic rings. The Kier molecular flexibility index (Phi) is 9.47. The molecule has 200 valence electrons. The molecule has 0 saturated heterocycles. The van der Waals surface area contributed by atoms with Crippen LogP contribution in [0, 0.1) is 29.4 Å². The highest BCUT2D eigenvalue weighted by Crippen LogP contribution is 2.41. The van der Waals surface area contributed by atoms with E-state index in [1.807, 2.05) is 19.1 Å². The lowest BCUT2D eigenvalue weighted by Crippen LogP contribution is -2.37. The van der Waals surface area contributed by atoms with E-state index in [1.54, 1.807) is 12.1 Å². The number of hydrogen-bond acceptors (Lipinski definition) is 2. The number of rotatable bonds is 9. The summed E-state index contributed by atoms with van der Waals surface area (Å²) in [6.45, 7) is 2.68. The van der Waals surface area contributed by atoms with Gasteiger partial charge in [0.25, 0.3) is 0 Å². The lowest BCUT2D eigenvalue weighted by atomic mass is 9.80. The number of halogens is 4. The van der Waals surface area contributed by atoms with Gasteiger partial charge in [0.05, 0.1) is 18.6 Å². The van der Waals surface area contributed by atoms with Gasteiger partial charge in [-0.25, -0.2) is 8.78 Å². The van der Waals surface area contributed by atoms with Crippen molar-refractivity contribution in [2.75, 3.05) is 6.61 Å². The molecule has 0 heterocycles. The fraction of sp³-hybridized carbons (Fsp3) is 0.484. The standard InChI is InChI=1S/C31H36F4O2/c1-2-3-20-36-27-15-8-23(9-16-27)5-4-22-6-13-26(14-7-22)31(34,35)37-28-17-10-24(11-18-28)25-12-19-29(32)30(33)21-25/h2-5,10-12,17-19,21-23,26-27H,6-9,13-16,20H2,1H3/b3-2+,5-4+. The molecule has 2 fully saturated rings. The van der Waals surface area contributed by atoms with Crippen molar-refractivity contribution in [1.29, 1.82) is 0 Å². The van der Waals surface area contributed by atoms with E-state index in [4.69, 9.17) is 9.47 Å². The molecule has 0 spiro atoms. The lowest BCUT2D eigenvalue weighted by molar-refractivity contribution is -0.222. The third-order valence-corrected chi connectivity index (χ3v) is 7.65. The van der Waals surface area contributed by atoms with Crippen LogP contribution < -0.4 is 4.74 Å². The number of allylic oxidation sites excluding steroid dienone is 3. The topological polar surface area (TPSA) is 18.5 Å². The summed E-state index contributed by atoms with van der Waals surface area (Å²) in [6, 6.07) is 9.60. The van der Waals surface area contributed by atoms with Crippen LogP contribution in [0.4, 0.5) is 17.6 Å². The first-order valence-electron chi connectivity index (χ1n) is 13.4. The van der Waals surface area contributed by atoms with Crippen LogP contribution in [0.1, 0.15) is 58.3 Å². The van der Waals surface area contributed by atoms with Crippen molar-refractivity contribution in [3.8, 4) is 16.9 Å². The molecule has 0 radical (unpaired) electrons. The Bertz CT molecular complexity index is 1050. The minimum atomic E-state index is -3.26. The second-order valence-electron chi connectivity index (χ2n) is 10.3. The van der Waals surface area contributed by atoms with E-state index in [2.05, 4.69) is 12.2 Å². The smallest absolute Gasteiger partial charge is 0.400 e. The zero-order valence-electron chi connectivity index (χ0n) is 21.4. The lowest BCUT2D eigenvalue weighted by Gasteiger charge is -2.32. The first kappa shape index (κ1) is 27.4. The summed E-state index contributed by atoms with van der Waals surface area (Å²) in [6.07, 6.45) is 12.4. The largest absolute Gasteiger partial charge is 0.432 e. The summed E-state index contributed by atoms with van der Waals surface area (Å²) >= 11 is 0. The van der Waals surface area contributed by atoms with Crippen molar-refractivity contribution in [1.82, 2.24) is 0 Å². The minimum Gasteiger partial charge on any atom is -0.432 e. The van der Waals surface area contributed by atoms with Gasteiger partial charge in [-0.05, 0) is 106 Å². The zero-order chi connectivity index (χ0) is 26.3. The second kappa shape index (κ2) is 12.8. The van der Waals surface area contributed by atoms with Crippen LogP contribution in [0.2, 0.25) is 0 Å². The molecule has 6 heteroatoms. The molecule has 2 aliphatic rings. The minimum absolute atomic E-state index is 0.0589. The summed E-state index contributed by atoms with van der Waals surface area (Å²) in [5.74, 6) is -1.75. The second-order valence-corrected chi connectivity index (χ2v) is 10.3. The van der Waals surface area contributed by atoms with Crippen LogP contribution in [-0.2, 0) is 4.74 Å². The van der Waals surface area contributed by atoms with Crippen LogP contribution >= 0.6 is 0 Å². The van der Waals surface area contributed by atoms with Crippen molar-refractivity contribution in [2.45, 2.75) is 70.5 Å². The molecular formula is C31H36F4O2. The van der Waals surface area contributed by atoms with E-state index < -0.39 is 23.7 Å². The molecule has 0 N–H and O–H groups in total. The van der Waals surface area contributed by atoms with E-state index in [9.17, 15) is 17.6 Å². The average Bonchev–Trinajstić information content (AvgIpc) is 2.90. The summed E-state index contributed by atoms with van der Waals surface area (Å²) in [5.41, 5.74) is 1.06. The van der Waals surface area contributed by atoms with Crippen LogP contribution in [0.25, 0.3) is 11.1 Å². The van der Waals surface area contributed by atoms with Crippen LogP contribution in [0.15, 0.2) is 66.8 Å². The third-order valence-electron chi connectivity index (χ3n) is 7.65. The molecule has 2 aromatic carbocycles. The molecule has 2 nitrogen and oxygen atoms in total. The Morgan fingerprint density at radius 2 is 1.38 bits per heavy atom. The van der Waals surface area contributed by atoms with Crippen molar-refractivity contribution in [3.05, 3.63) is 78.4 Å². The fourth-order valence-electron chi connectivity index (χ4n) is 5.33. The van der Waals surface area contributed by atoms with Gasteiger partial charge in [-0.3, -0.25) is 0 Å². The van der Waals surface area contributed by atoms with Crippen LogP contribution in [0.3, 0.4) is 0 Å². The number of alkyl halides is 2. The molecule has 0 aromatic heterocycles. The molecule has 4 rings (SSSR count). The highest BCUT2D eigenvalue weighted by atomic mass is 19.3. The Balaban J connectivity index is 1.22. The van der Waals surface area contributed by atoms with Gasteiger partial charge in [0.15, 0.2) is 11.6 Å². The maximum atomic E-state index is 14.9. The molecule has 0 amide bonds. The van der Waals surface area contributed by atoms with Crippen LogP contribution in [-0.4, -0.2) is 18.8 Å². The summed E-state index contributed by atoms with van der Waals surface area (Å²) < 4.78 is 67.5. The van der Waals surface area contributed by atoms with Crippen molar-refractivity contribution >= 4 is 0 Å². The van der Waals surface area contributed by atoms with Crippen molar-refractivity contribution in [2.24, 2.45) is 17.8 Å². The Hall–Kier alpha value is -2.60. The maximum absolute atomic E-state index is 14.9. The Morgan fingerprint density at radius 1 is 0.784 bits per heavy atom. The average molecular weight is 517 g/mol. The number of ether oxygens (including phenoxy) is 2. The first-order valence-corrected chi connectivity index (χ1v) is 13.4. The highest BCUT2D eigenvalue weighted by Gasteiger charge is 2.43. The number of benzene rings is 2. The molecular weight excluding hydrogens is 480 g/mol. The van der Waals surface area contributed by atoms with Gasteiger partial charge >= 0.3 is 6.11 Å². The molecule has 2 aliphatic carbocycles. The predicted octanol–water partition coefficient (Wildman–Crippen LogP) is 9.12. The molecule has 2 saturated carbocycles. The normalized spacial score (nSPS) is 25.1. The van der Waals surface area contributed by atoms with E-state index in [1.165, 1.54) is 18.2 Å². The van der Waals surface area contributed by atoms with Gasteiger partial charge in [-0.15, -0.1) is 0 Å². The Morgan fingerprint density at radius 3 is 1.97 bits per heavy atom. The van der Waals surface area contributed by atoms with Gasteiger partial charge < -0.3 is 9.47 Å². The van der Waals surface area contributed by atoms with E-state index in [-0.39, 0.29) is 5.75 Å². The summed E-state index contributed by atoms with van der Waals surface area (Å²) in [7, 11) is 0. The van der Waals surface area contributed by atoms with Gasteiger partial charge in [0, 0.05) is 0 Å². The quantitative estimate of drug-likeness (QED) is 0.244. The van der Waals surface area contributed by atoms with Crippen LogP contribution in [0.5, 0.6) is 5.75 Å². The first-order chi connectivity index (χ1) is 17.8. The molecule has 0 bridgehead atoms. The maximum Gasteiger partial charge on any atom is 0.400 e. The monoisotopic (exact) mass is 516 g/mol. The van der Waals surface area contributed by atoms with Gasteiger partial charge in [-0.2, -0.15) is 8.78 Å². The summed E-state index contributed by atoms with van der Waals surface area (Å²) in [5, 5.41) is 0. The third kappa shape index (κ3) is 7.70. The number of hydrogen-bond donors (Lipinski definition) is 0. The zero-order valence-corrected chi connectivity index (χ0v) is 21.4. The predicted molar refractivity (Wildman–Crippen MR) is 138 cm³/mol. The van der Waals surface area contributed by atoms with Gasteiger partial charge in [0.2, 0.25) is 0 Å². The van der Waals surface area contributed by atoms with Crippen molar-refractivity contribution in [3.63, 3.8) is 0 Å². The van der Waals surface area contributed by atoms with E-state index in [0.717, 1.165) is 50.7 Å². The molecule has 37 heavy (non-hydrogen) atoms. The van der Waals surface area contributed by atoms with Gasteiger partial charge in [0.1, 0.15) is 5.75 Å². The summed E-state index contributed by atoms with van der Waals surface area (Å²) in [4.78, 5) is 0. The highest BCUT2D eigenvalue weighted by molar-refractivity contribution is 5.64. The SMILES string of the molecule is C/C=C/COC1CCC(/C=C/C2CCC(C(F)(F)Oc3ccc(-c4ccc(F)c(F)c4)cc3)CC2)CC1. The van der Waals surface area contributed by atoms with Gasteiger partial charge in [-0.1, -0.05) is 42.5 Å². The van der Waals surface area contributed by atoms with Crippen molar-refractivity contribution < 1.29 is 27.0 Å². The van der Waals surface area contributed by atoms with E-state index >= 15 is 0 Å². The molecule has 0 unspecified atom stereocenters. The molecule has 0 atom stereocenters. The fourth-order valence-corrected chi connectivity index (χ4v) is 5.33. The van der Waals surface area contributed by atoms with E-state index in [0.29, 0.717) is 48.5 Å². The molecule has 0 aliphatic heterocycles. The Labute approximate surface area is 217 Å².